The van der Waals surface area contributed by atoms with Crippen molar-refractivity contribution in [2.45, 2.75) is 6.54 Å². The minimum Gasteiger partial charge on any atom is -0.346 e. The lowest BCUT2D eigenvalue weighted by Gasteiger charge is -2.00. The molecule has 92 valence electrons. The number of amides is 1. The number of nitrogens with two attached hydrogens (primary N) is 1. The van der Waals surface area contributed by atoms with Crippen LogP contribution in [0.25, 0.3) is 0 Å². The second kappa shape index (κ2) is 6.36. The third kappa shape index (κ3) is 3.44. The molecule has 2 aromatic rings. The Morgan fingerprint density at radius 3 is 3.00 bits per heavy atom. The molecule has 0 bridgehead atoms. The Kier molecular flexibility index (Phi) is 4.53. The fourth-order valence-electron chi connectivity index (χ4n) is 1.33. The number of rotatable bonds is 3. The number of nitrogens with one attached hydrogen (secondary N) is 1. The van der Waals surface area contributed by atoms with Crippen LogP contribution in [0, 0.1) is 11.8 Å². The summed E-state index contributed by atoms with van der Waals surface area (Å²) in [5.41, 5.74) is 5.30. The molecule has 0 aliphatic heterocycles. The van der Waals surface area contributed by atoms with Crippen molar-refractivity contribution in [1.29, 1.82) is 0 Å². The molecule has 0 aliphatic rings. The Morgan fingerprint density at radius 1 is 1.39 bits per heavy atom. The van der Waals surface area contributed by atoms with Gasteiger partial charge in [0, 0.05) is 4.88 Å². The molecule has 0 atom stereocenters. The fraction of sp³-hybridized carbons (Fsp3) is 0.154. The summed E-state index contributed by atoms with van der Waals surface area (Å²) in [7, 11) is 0. The van der Waals surface area contributed by atoms with Crippen molar-refractivity contribution in [2.24, 2.45) is 5.73 Å². The molecule has 3 nitrogen and oxygen atoms in total. The molecule has 5 heteroatoms. The largest absolute Gasteiger partial charge is 0.346 e. The van der Waals surface area contributed by atoms with Crippen LogP contribution in [0.5, 0.6) is 0 Å². The molecule has 0 fully saturated rings. The van der Waals surface area contributed by atoms with Crippen LogP contribution in [-0.2, 0) is 6.54 Å². The predicted octanol–water partition coefficient (Wildman–Crippen LogP) is 2.05. The second-order valence-electron chi connectivity index (χ2n) is 3.43. The van der Waals surface area contributed by atoms with Gasteiger partial charge in [-0.05, 0) is 23.6 Å². The van der Waals surface area contributed by atoms with E-state index in [0.29, 0.717) is 18.0 Å². The zero-order valence-electron chi connectivity index (χ0n) is 9.60. The third-order valence-corrected chi connectivity index (χ3v) is 4.02. The molecule has 0 aromatic carbocycles. The third-order valence-electron chi connectivity index (χ3n) is 2.15. The first kappa shape index (κ1) is 12.8. The first-order chi connectivity index (χ1) is 8.79. The van der Waals surface area contributed by atoms with Crippen LogP contribution in [0.15, 0.2) is 29.6 Å². The monoisotopic (exact) mass is 276 g/mol. The van der Waals surface area contributed by atoms with Crippen LogP contribution in [0.2, 0.25) is 0 Å². The predicted molar refractivity (Wildman–Crippen MR) is 75.7 cm³/mol. The molecule has 1 amide bonds. The standard InChI is InChI=1S/C13H12N2OS2/c14-7-1-3-10-5-6-12(18-10)13(16)15-9-11-4-2-8-17-11/h2,4-6,8H,7,9,14H2,(H,15,16). The molecule has 0 aliphatic carbocycles. The molecular weight excluding hydrogens is 264 g/mol. The minimum atomic E-state index is -0.0609. The zero-order chi connectivity index (χ0) is 12.8. The molecule has 0 unspecified atom stereocenters. The molecule has 2 rings (SSSR count). The van der Waals surface area contributed by atoms with Crippen molar-refractivity contribution in [3.8, 4) is 11.8 Å². The minimum absolute atomic E-state index is 0.0609. The topological polar surface area (TPSA) is 55.1 Å². The summed E-state index contributed by atoms with van der Waals surface area (Å²) in [6.07, 6.45) is 0. The Balaban J connectivity index is 1.94. The first-order valence-corrected chi connectivity index (χ1v) is 7.08. The number of carbonyl (C=O) groups is 1. The molecular formula is C13H12N2OS2. The molecule has 18 heavy (non-hydrogen) atoms. The van der Waals surface area contributed by atoms with E-state index in [1.165, 1.54) is 11.3 Å². The molecule has 0 spiro atoms. The van der Waals surface area contributed by atoms with Crippen molar-refractivity contribution >= 4 is 28.6 Å². The van der Waals surface area contributed by atoms with Gasteiger partial charge in [0.05, 0.1) is 22.8 Å². The highest BCUT2D eigenvalue weighted by molar-refractivity contribution is 7.14. The quantitative estimate of drug-likeness (QED) is 0.843. The van der Waals surface area contributed by atoms with Crippen LogP contribution in [0.4, 0.5) is 0 Å². The van der Waals surface area contributed by atoms with E-state index >= 15 is 0 Å². The van der Waals surface area contributed by atoms with Crippen LogP contribution in [0.3, 0.4) is 0 Å². The average molecular weight is 276 g/mol. The van der Waals surface area contributed by atoms with Gasteiger partial charge in [-0.1, -0.05) is 17.9 Å². The van der Waals surface area contributed by atoms with Crippen molar-refractivity contribution in [1.82, 2.24) is 5.32 Å². The van der Waals surface area contributed by atoms with Crippen molar-refractivity contribution < 1.29 is 4.79 Å². The van der Waals surface area contributed by atoms with Crippen molar-refractivity contribution in [3.05, 3.63) is 44.3 Å². The van der Waals surface area contributed by atoms with E-state index in [9.17, 15) is 4.79 Å². The lowest BCUT2D eigenvalue weighted by atomic mass is 10.4. The van der Waals surface area contributed by atoms with E-state index in [4.69, 9.17) is 5.73 Å². The highest BCUT2D eigenvalue weighted by atomic mass is 32.1. The molecule has 2 heterocycles. The Morgan fingerprint density at radius 2 is 2.28 bits per heavy atom. The average Bonchev–Trinajstić information content (AvgIpc) is 3.04. The van der Waals surface area contributed by atoms with Gasteiger partial charge in [-0.2, -0.15) is 0 Å². The zero-order valence-corrected chi connectivity index (χ0v) is 11.2. The maximum atomic E-state index is 11.9. The van der Waals surface area contributed by atoms with Gasteiger partial charge in [-0.3, -0.25) is 4.79 Å². The Labute approximate surface area is 114 Å². The van der Waals surface area contributed by atoms with E-state index in [0.717, 1.165) is 9.75 Å². The van der Waals surface area contributed by atoms with Crippen molar-refractivity contribution in [3.63, 3.8) is 0 Å². The van der Waals surface area contributed by atoms with Gasteiger partial charge in [0.15, 0.2) is 0 Å². The van der Waals surface area contributed by atoms with E-state index in [1.54, 1.807) is 17.4 Å². The van der Waals surface area contributed by atoms with Gasteiger partial charge in [0.25, 0.3) is 5.91 Å². The van der Waals surface area contributed by atoms with E-state index in [-0.39, 0.29) is 5.91 Å². The van der Waals surface area contributed by atoms with E-state index < -0.39 is 0 Å². The van der Waals surface area contributed by atoms with Crippen LogP contribution < -0.4 is 11.1 Å². The Hall–Kier alpha value is -1.61. The highest BCUT2D eigenvalue weighted by Crippen LogP contribution is 2.15. The van der Waals surface area contributed by atoms with Crippen molar-refractivity contribution in [2.75, 3.05) is 6.54 Å². The molecule has 0 saturated carbocycles. The van der Waals surface area contributed by atoms with Gasteiger partial charge in [0.2, 0.25) is 0 Å². The molecule has 3 N–H and O–H groups in total. The van der Waals surface area contributed by atoms with Gasteiger partial charge < -0.3 is 11.1 Å². The van der Waals surface area contributed by atoms with E-state index in [2.05, 4.69) is 17.2 Å². The Bertz CT molecular complexity index is 576. The highest BCUT2D eigenvalue weighted by Gasteiger charge is 2.08. The summed E-state index contributed by atoms with van der Waals surface area (Å²) in [5, 5.41) is 4.87. The van der Waals surface area contributed by atoms with Gasteiger partial charge in [0.1, 0.15) is 0 Å². The lowest BCUT2D eigenvalue weighted by Crippen LogP contribution is -2.21. The van der Waals surface area contributed by atoms with Crippen LogP contribution in [-0.4, -0.2) is 12.5 Å². The summed E-state index contributed by atoms with van der Waals surface area (Å²) < 4.78 is 0. The summed E-state index contributed by atoms with van der Waals surface area (Å²) in [6.45, 7) is 0.899. The summed E-state index contributed by atoms with van der Waals surface area (Å²) in [4.78, 5) is 14.5. The second-order valence-corrected chi connectivity index (χ2v) is 5.55. The maximum Gasteiger partial charge on any atom is 0.261 e. The van der Waals surface area contributed by atoms with Gasteiger partial charge in [-0.15, -0.1) is 22.7 Å². The number of carbonyl (C=O) groups excluding carboxylic acids is 1. The normalized spacial score (nSPS) is 9.61. The summed E-state index contributed by atoms with van der Waals surface area (Å²) in [6, 6.07) is 7.59. The number of thiophene rings is 2. The fourth-order valence-corrected chi connectivity index (χ4v) is 2.77. The summed E-state index contributed by atoms with van der Waals surface area (Å²) >= 11 is 3.01. The van der Waals surface area contributed by atoms with Gasteiger partial charge >= 0.3 is 0 Å². The number of hydrogen-bond acceptors (Lipinski definition) is 4. The van der Waals surface area contributed by atoms with E-state index in [1.807, 2.05) is 23.6 Å². The van der Waals surface area contributed by atoms with Crippen LogP contribution >= 0.6 is 22.7 Å². The number of hydrogen-bond donors (Lipinski definition) is 2. The van der Waals surface area contributed by atoms with Crippen LogP contribution in [0.1, 0.15) is 19.4 Å². The maximum absolute atomic E-state index is 11.9. The molecule has 0 radical (unpaired) electrons. The first-order valence-electron chi connectivity index (χ1n) is 5.39. The molecule has 2 aromatic heterocycles. The molecule has 0 saturated heterocycles. The summed E-state index contributed by atoms with van der Waals surface area (Å²) in [5.74, 6) is 5.62. The SMILES string of the molecule is NCC#Cc1ccc(C(=O)NCc2cccs2)s1. The lowest BCUT2D eigenvalue weighted by molar-refractivity contribution is 0.0955. The van der Waals surface area contributed by atoms with Gasteiger partial charge in [-0.25, -0.2) is 0 Å². The smallest absolute Gasteiger partial charge is 0.261 e.